The van der Waals surface area contributed by atoms with Gasteiger partial charge in [-0.15, -0.1) is 0 Å². The van der Waals surface area contributed by atoms with Gasteiger partial charge in [-0.1, -0.05) is 19.3 Å². The molecule has 1 aromatic heterocycles. The normalized spacial score (nSPS) is 13.0. The van der Waals surface area contributed by atoms with Gasteiger partial charge in [-0.3, -0.25) is 14.6 Å². The summed E-state index contributed by atoms with van der Waals surface area (Å²) < 4.78 is 50.9. The Labute approximate surface area is 293 Å². The molecule has 2 amide bonds. The molecular formula is C37H39F2N3O7S. The summed E-state index contributed by atoms with van der Waals surface area (Å²) >= 11 is 1.21. The van der Waals surface area contributed by atoms with E-state index in [1.807, 2.05) is 0 Å². The average Bonchev–Trinajstić information content (AvgIpc) is 3.92. The third kappa shape index (κ3) is 9.41. The second-order valence-electron chi connectivity index (χ2n) is 11.7. The number of carbonyl (C=O) groups is 3. The van der Waals surface area contributed by atoms with Crippen LogP contribution in [0.25, 0.3) is 10.9 Å². The fourth-order valence-corrected chi connectivity index (χ4v) is 5.93. The first kappa shape index (κ1) is 36.4. The molecule has 1 heterocycles. The molecule has 1 aliphatic carbocycles. The molecule has 10 nitrogen and oxygen atoms in total. The van der Waals surface area contributed by atoms with Crippen LogP contribution >= 0.6 is 11.8 Å². The summed E-state index contributed by atoms with van der Waals surface area (Å²) in [5, 5.41) is 5.64. The van der Waals surface area contributed by atoms with Crippen LogP contribution < -0.4 is 24.8 Å². The molecule has 13 heteroatoms. The first-order valence-electron chi connectivity index (χ1n) is 16.5. The second kappa shape index (κ2) is 17.1. The quantitative estimate of drug-likeness (QED) is 0.0629. The zero-order valence-corrected chi connectivity index (χ0v) is 28.7. The van der Waals surface area contributed by atoms with Gasteiger partial charge in [-0.05, 0) is 92.9 Å². The second-order valence-corrected chi connectivity index (χ2v) is 12.8. The fourth-order valence-electron chi connectivity index (χ4n) is 5.22. The summed E-state index contributed by atoms with van der Waals surface area (Å²) in [5.41, 5.74) is -0.188. The van der Waals surface area contributed by atoms with E-state index in [4.69, 9.17) is 18.9 Å². The Balaban J connectivity index is 1.15. The molecule has 5 rings (SSSR count). The van der Waals surface area contributed by atoms with Crippen LogP contribution in [0.3, 0.4) is 0 Å². The number of ether oxygens (including phenoxy) is 4. The lowest BCUT2D eigenvalue weighted by molar-refractivity contribution is -0.131. The van der Waals surface area contributed by atoms with Gasteiger partial charge in [-0.25, -0.2) is 13.6 Å². The van der Waals surface area contributed by atoms with Crippen molar-refractivity contribution in [3.05, 3.63) is 78.5 Å². The van der Waals surface area contributed by atoms with Crippen molar-refractivity contribution in [2.45, 2.75) is 51.9 Å². The van der Waals surface area contributed by atoms with E-state index in [0.717, 1.165) is 43.9 Å². The molecule has 0 aliphatic heterocycles. The average molecular weight is 708 g/mol. The number of hydrogen-bond acceptors (Lipinski definition) is 9. The molecule has 1 aliphatic rings. The number of amides is 2. The predicted octanol–water partition coefficient (Wildman–Crippen LogP) is 8.89. The highest BCUT2D eigenvalue weighted by atomic mass is 32.2. The largest absolute Gasteiger partial charge is 0.493 e. The lowest BCUT2D eigenvalue weighted by Gasteiger charge is -2.16. The van der Waals surface area contributed by atoms with E-state index in [-0.39, 0.29) is 16.7 Å². The number of anilines is 2. The van der Waals surface area contributed by atoms with Crippen LogP contribution in [0.15, 0.2) is 66.9 Å². The molecule has 0 radical (unpaired) electrons. The van der Waals surface area contributed by atoms with Crippen molar-refractivity contribution in [2.24, 2.45) is 5.41 Å². The highest BCUT2D eigenvalue weighted by molar-refractivity contribution is 8.13. The summed E-state index contributed by atoms with van der Waals surface area (Å²) in [7, 11) is 1.53. The number of hydrogen-bond donors (Lipinski definition) is 2. The number of halogens is 2. The first-order chi connectivity index (χ1) is 24.2. The minimum Gasteiger partial charge on any atom is -0.493 e. The molecule has 0 atom stereocenters. The van der Waals surface area contributed by atoms with Gasteiger partial charge in [0, 0.05) is 40.8 Å². The number of aromatic nitrogens is 1. The number of nitrogens with one attached hydrogen (secondary N) is 2. The molecule has 3 aromatic carbocycles. The van der Waals surface area contributed by atoms with Crippen LogP contribution in [-0.4, -0.2) is 48.2 Å². The molecule has 2 N–H and O–H groups in total. The van der Waals surface area contributed by atoms with Gasteiger partial charge in [0.15, 0.2) is 23.1 Å². The van der Waals surface area contributed by atoms with Gasteiger partial charge in [0.2, 0.25) is 11.8 Å². The monoisotopic (exact) mass is 707 g/mol. The lowest BCUT2D eigenvalue weighted by Crippen LogP contribution is -2.35. The van der Waals surface area contributed by atoms with Crippen LogP contribution in [0.1, 0.15) is 51.9 Å². The SMILES string of the molecule is CCOC(=O)SCCCCCCCOc1cc2nccc(Oc3ccc(NC(=O)C4(C(=O)Nc5ccc(F)cc5)CC4)cc3F)c2cc1OC. The Morgan fingerprint density at radius 1 is 0.820 bits per heavy atom. The highest BCUT2D eigenvalue weighted by Crippen LogP contribution is 2.47. The molecule has 1 saturated carbocycles. The zero-order chi connectivity index (χ0) is 35.5. The summed E-state index contributed by atoms with van der Waals surface area (Å²) in [6.45, 7) is 2.68. The van der Waals surface area contributed by atoms with Gasteiger partial charge in [0.1, 0.15) is 17.0 Å². The number of thioether (sulfide) groups is 1. The Kier molecular flexibility index (Phi) is 12.5. The third-order valence-corrected chi connectivity index (χ3v) is 8.99. The Morgan fingerprint density at radius 2 is 1.52 bits per heavy atom. The molecule has 50 heavy (non-hydrogen) atoms. The lowest BCUT2D eigenvalue weighted by atomic mass is 10.0. The van der Waals surface area contributed by atoms with Crippen LogP contribution in [0, 0.1) is 17.0 Å². The molecule has 1 fully saturated rings. The molecular weight excluding hydrogens is 668 g/mol. The fraction of sp³-hybridized carbons (Fsp3) is 0.351. The van der Waals surface area contributed by atoms with E-state index < -0.39 is 28.9 Å². The van der Waals surface area contributed by atoms with Gasteiger partial charge in [0.25, 0.3) is 0 Å². The number of rotatable bonds is 17. The molecule has 264 valence electrons. The predicted molar refractivity (Wildman–Crippen MR) is 188 cm³/mol. The maximum atomic E-state index is 15.3. The van der Waals surface area contributed by atoms with Crippen LogP contribution in [0.5, 0.6) is 23.0 Å². The molecule has 0 saturated heterocycles. The summed E-state index contributed by atoms with van der Waals surface area (Å²) in [6, 6.07) is 14.3. The number of methoxy groups -OCH3 is 1. The Hall–Kier alpha value is -4.91. The zero-order valence-electron chi connectivity index (χ0n) is 27.9. The minimum absolute atomic E-state index is 0.0792. The molecule has 0 spiro atoms. The number of unbranched alkanes of at least 4 members (excludes halogenated alkanes) is 4. The van der Waals surface area contributed by atoms with Crippen molar-refractivity contribution in [3.8, 4) is 23.0 Å². The highest BCUT2D eigenvalue weighted by Gasteiger charge is 2.56. The summed E-state index contributed by atoms with van der Waals surface area (Å²) in [4.78, 5) is 41.7. The standard InChI is InChI=1S/C37H39F2N3O7S/c1-3-47-36(45)50-20-8-6-4-5-7-19-48-33-23-29-27(22-32(33)46-2)30(15-18-40-29)49-31-14-13-26(21-28(31)39)42-35(44)37(16-17-37)34(43)41-25-11-9-24(38)10-12-25/h9-15,18,21-23H,3-8,16-17,19-20H2,1-2H3,(H,41,43)(H,42,44). The van der Waals surface area contributed by atoms with Crippen LogP contribution in [0.2, 0.25) is 0 Å². The van der Waals surface area contributed by atoms with Gasteiger partial charge in [-0.2, -0.15) is 0 Å². The van der Waals surface area contributed by atoms with E-state index >= 15 is 4.39 Å². The van der Waals surface area contributed by atoms with E-state index in [0.29, 0.717) is 59.9 Å². The number of fused-ring (bicyclic) bond motifs is 1. The van der Waals surface area contributed by atoms with E-state index in [9.17, 15) is 18.8 Å². The van der Waals surface area contributed by atoms with Crippen LogP contribution in [0.4, 0.5) is 25.0 Å². The minimum atomic E-state index is -1.29. The van der Waals surface area contributed by atoms with E-state index in [1.165, 1.54) is 55.3 Å². The van der Waals surface area contributed by atoms with Crippen molar-refractivity contribution in [2.75, 3.05) is 36.7 Å². The van der Waals surface area contributed by atoms with Crippen molar-refractivity contribution in [1.82, 2.24) is 4.98 Å². The first-order valence-corrected chi connectivity index (χ1v) is 17.5. The Morgan fingerprint density at radius 3 is 2.22 bits per heavy atom. The topological polar surface area (TPSA) is 125 Å². The van der Waals surface area contributed by atoms with Crippen molar-refractivity contribution in [3.63, 3.8) is 0 Å². The maximum Gasteiger partial charge on any atom is 0.367 e. The molecule has 0 unspecified atom stereocenters. The van der Waals surface area contributed by atoms with Crippen molar-refractivity contribution >= 4 is 51.2 Å². The third-order valence-electron chi connectivity index (χ3n) is 8.15. The maximum absolute atomic E-state index is 15.3. The number of benzene rings is 3. The smallest absolute Gasteiger partial charge is 0.367 e. The van der Waals surface area contributed by atoms with Gasteiger partial charge >= 0.3 is 5.30 Å². The Bertz CT molecular complexity index is 1820. The van der Waals surface area contributed by atoms with E-state index in [2.05, 4.69) is 15.6 Å². The van der Waals surface area contributed by atoms with Crippen molar-refractivity contribution < 1.29 is 42.1 Å². The van der Waals surface area contributed by atoms with Crippen LogP contribution in [-0.2, 0) is 14.3 Å². The van der Waals surface area contributed by atoms with Crippen molar-refractivity contribution in [1.29, 1.82) is 0 Å². The number of nitrogens with zero attached hydrogens (tertiary/aromatic N) is 1. The summed E-state index contributed by atoms with van der Waals surface area (Å²) in [6.07, 6.45) is 7.06. The molecule has 4 aromatic rings. The van der Waals surface area contributed by atoms with E-state index in [1.54, 1.807) is 31.3 Å². The number of carbonyl (C=O) groups excluding carboxylic acids is 3. The summed E-state index contributed by atoms with van der Waals surface area (Å²) in [5.74, 6) is -0.217. The van der Waals surface area contributed by atoms with Gasteiger partial charge < -0.3 is 29.6 Å². The molecule has 0 bridgehead atoms. The van der Waals surface area contributed by atoms with Gasteiger partial charge in [0.05, 0.1) is 25.8 Å². The number of pyridine rings is 1.